The van der Waals surface area contributed by atoms with Gasteiger partial charge in [-0.3, -0.25) is 4.79 Å². The minimum atomic E-state index is -0.781. The van der Waals surface area contributed by atoms with E-state index in [1.165, 1.54) is 24.4 Å². The summed E-state index contributed by atoms with van der Waals surface area (Å²) in [6, 6.07) is 21.0. The number of rotatable bonds is 7. The van der Waals surface area contributed by atoms with Gasteiger partial charge in [-0.25, -0.2) is 14.2 Å². The standard InChI is InChI=1S/C27H23FN6O3/c28-17-8-4-9-18(14-17)31-27(37)33-21-11-5-10-20-24(21)34-25(32-20)23-19(12-13-29-26(23)36)30-15-22(35)16-6-2-1-3-7-16/h1-14,22,35H,15H2,(H,32,34)(H2,29,30,36)(H2,31,33,37)/t22-/m0/s1. The molecule has 5 aromatic rings. The van der Waals surface area contributed by atoms with Gasteiger partial charge in [0.1, 0.15) is 17.2 Å². The van der Waals surface area contributed by atoms with E-state index in [2.05, 4.69) is 30.9 Å². The third-order valence-electron chi connectivity index (χ3n) is 5.72. The molecule has 0 fully saturated rings. The number of hydrogen-bond donors (Lipinski definition) is 6. The van der Waals surface area contributed by atoms with Crippen molar-refractivity contribution in [3.05, 3.63) is 107 Å². The average Bonchev–Trinajstić information content (AvgIpc) is 3.32. The Bertz CT molecular complexity index is 1620. The van der Waals surface area contributed by atoms with Gasteiger partial charge >= 0.3 is 6.03 Å². The molecule has 9 nitrogen and oxygen atoms in total. The highest BCUT2D eigenvalue weighted by Gasteiger charge is 2.17. The number of carbonyl (C=O) groups excluding carboxylic acids is 1. The van der Waals surface area contributed by atoms with E-state index in [0.29, 0.717) is 28.1 Å². The average molecular weight is 499 g/mol. The van der Waals surface area contributed by atoms with Gasteiger partial charge in [-0.1, -0.05) is 42.5 Å². The largest absolute Gasteiger partial charge is 0.387 e. The summed E-state index contributed by atoms with van der Waals surface area (Å²) in [5.41, 5.74) is 2.87. The van der Waals surface area contributed by atoms with E-state index in [4.69, 9.17) is 0 Å². The highest BCUT2D eigenvalue weighted by Crippen LogP contribution is 2.28. The van der Waals surface area contributed by atoms with Crippen LogP contribution in [0, 0.1) is 5.82 Å². The number of hydrogen-bond acceptors (Lipinski definition) is 5. The number of aliphatic hydroxyl groups excluding tert-OH is 1. The first-order chi connectivity index (χ1) is 18.0. The predicted octanol–water partition coefficient (Wildman–Crippen LogP) is 4.85. The normalized spacial score (nSPS) is 11.7. The summed E-state index contributed by atoms with van der Waals surface area (Å²) in [6.07, 6.45) is 0.728. The number of nitrogens with zero attached hydrogens (tertiary/aromatic N) is 1. The second-order valence-electron chi connectivity index (χ2n) is 8.28. The predicted molar refractivity (Wildman–Crippen MR) is 141 cm³/mol. The van der Waals surface area contributed by atoms with Gasteiger partial charge < -0.3 is 31.0 Å². The lowest BCUT2D eigenvalue weighted by atomic mass is 10.1. The summed E-state index contributed by atoms with van der Waals surface area (Å²) in [7, 11) is 0. The van der Waals surface area contributed by atoms with E-state index in [1.54, 1.807) is 30.3 Å². The number of carbonyl (C=O) groups is 1. The molecule has 0 aliphatic rings. The fraction of sp³-hybridized carbons (Fsp3) is 0.0741. The SMILES string of the molecule is O=C(Nc1cccc(F)c1)Nc1cccc2nc(-c3c(NC[C@H](O)c4ccccc4)cc[nH]c3=O)[nH]c12. The Morgan fingerprint density at radius 1 is 0.973 bits per heavy atom. The molecule has 0 aliphatic heterocycles. The molecule has 37 heavy (non-hydrogen) atoms. The van der Waals surface area contributed by atoms with Crippen LogP contribution >= 0.6 is 0 Å². The van der Waals surface area contributed by atoms with Crippen molar-refractivity contribution < 1.29 is 14.3 Å². The van der Waals surface area contributed by atoms with Crippen LogP contribution in [-0.4, -0.2) is 32.6 Å². The Morgan fingerprint density at radius 3 is 2.59 bits per heavy atom. The zero-order valence-corrected chi connectivity index (χ0v) is 19.5. The second-order valence-corrected chi connectivity index (χ2v) is 8.28. The number of urea groups is 1. The van der Waals surface area contributed by atoms with E-state index >= 15 is 0 Å². The van der Waals surface area contributed by atoms with E-state index in [-0.39, 0.29) is 23.5 Å². The highest BCUT2D eigenvalue weighted by atomic mass is 19.1. The number of imidazole rings is 1. The molecule has 10 heteroatoms. The fourth-order valence-electron chi connectivity index (χ4n) is 3.97. The number of fused-ring (bicyclic) bond motifs is 1. The topological polar surface area (TPSA) is 135 Å². The molecule has 2 amide bonds. The molecular formula is C27H23FN6O3. The first kappa shape index (κ1) is 23.8. The zero-order chi connectivity index (χ0) is 25.8. The molecular weight excluding hydrogens is 475 g/mol. The third-order valence-corrected chi connectivity index (χ3v) is 5.72. The van der Waals surface area contributed by atoms with Crippen molar-refractivity contribution in [1.29, 1.82) is 0 Å². The van der Waals surface area contributed by atoms with Crippen LogP contribution in [0.15, 0.2) is 89.9 Å². The monoisotopic (exact) mass is 498 g/mol. The van der Waals surface area contributed by atoms with E-state index in [0.717, 1.165) is 5.56 Å². The van der Waals surface area contributed by atoms with E-state index in [9.17, 15) is 19.1 Å². The van der Waals surface area contributed by atoms with Crippen LogP contribution in [-0.2, 0) is 0 Å². The van der Waals surface area contributed by atoms with Gasteiger partial charge in [0, 0.05) is 18.4 Å². The summed E-state index contributed by atoms with van der Waals surface area (Å²) < 4.78 is 13.4. The molecule has 0 saturated heterocycles. The minimum Gasteiger partial charge on any atom is -0.387 e. The smallest absolute Gasteiger partial charge is 0.323 e. The molecule has 2 aromatic heterocycles. The Hall–Kier alpha value is -4.96. The number of aromatic nitrogens is 3. The lowest BCUT2D eigenvalue weighted by Crippen LogP contribution is -2.19. The van der Waals surface area contributed by atoms with Crippen molar-refractivity contribution in [3.8, 4) is 11.4 Å². The summed E-state index contributed by atoms with van der Waals surface area (Å²) in [6.45, 7) is 0.174. The molecule has 0 unspecified atom stereocenters. The van der Waals surface area contributed by atoms with E-state index in [1.807, 2.05) is 30.3 Å². The van der Waals surface area contributed by atoms with Crippen molar-refractivity contribution in [1.82, 2.24) is 15.0 Å². The van der Waals surface area contributed by atoms with Gasteiger partial charge in [-0.2, -0.15) is 0 Å². The number of amides is 2. The summed E-state index contributed by atoms with van der Waals surface area (Å²) in [4.78, 5) is 35.6. The Kier molecular flexibility index (Phi) is 6.64. The van der Waals surface area contributed by atoms with Crippen molar-refractivity contribution in [2.45, 2.75) is 6.10 Å². The number of pyridine rings is 1. The van der Waals surface area contributed by atoms with Crippen LogP contribution < -0.4 is 21.5 Å². The number of aliphatic hydroxyl groups is 1. The minimum absolute atomic E-state index is 0.174. The van der Waals surface area contributed by atoms with Crippen molar-refractivity contribution >= 4 is 34.1 Å². The molecule has 0 aliphatic carbocycles. The van der Waals surface area contributed by atoms with Crippen molar-refractivity contribution in [2.24, 2.45) is 0 Å². The van der Waals surface area contributed by atoms with Crippen LogP contribution in [0.2, 0.25) is 0 Å². The molecule has 1 atom stereocenters. The van der Waals surface area contributed by atoms with E-state index < -0.39 is 18.0 Å². The number of nitrogens with one attached hydrogen (secondary N) is 5. The first-order valence-electron chi connectivity index (χ1n) is 11.5. The van der Waals surface area contributed by atoms with Crippen LogP contribution in [0.3, 0.4) is 0 Å². The third kappa shape index (κ3) is 5.34. The molecule has 0 bridgehead atoms. The lowest BCUT2D eigenvalue weighted by Gasteiger charge is -2.14. The molecule has 0 saturated carbocycles. The van der Waals surface area contributed by atoms with Crippen molar-refractivity contribution in [2.75, 3.05) is 22.5 Å². The summed E-state index contributed by atoms with van der Waals surface area (Å²) in [5, 5.41) is 19.0. The number of benzene rings is 3. The molecule has 0 radical (unpaired) electrons. The molecule has 186 valence electrons. The Labute approximate surface area is 210 Å². The van der Waals surface area contributed by atoms with Crippen LogP contribution in [0.1, 0.15) is 11.7 Å². The lowest BCUT2D eigenvalue weighted by molar-refractivity contribution is 0.191. The molecule has 6 N–H and O–H groups in total. The number of anilines is 3. The number of aromatic amines is 2. The van der Waals surface area contributed by atoms with Crippen LogP contribution in [0.5, 0.6) is 0 Å². The molecule has 0 spiro atoms. The van der Waals surface area contributed by atoms with Crippen LogP contribution in [0.25, 0.3) is 22.4 Å². The van der Waals surface area contributed by atoms with Gasteiger partial charge in [0.15, 0.2) is 0 Å². The van der Waals surface area contributed by atoms with Gasteiger partial charge in [-0.05, 0) is 42.0 Å². The number of H-pyrrole nitrogens is 2. The van der Waals surface area contributed by atoms with Crippen molar-refractivity contribution in [3.63, 3.8) is 0 Å². The summed E-state index contributed by atoms with van der Waals surface area (Å²) >= 11 is 0. The second kappa shape index (κ2) is 10.3. The van der Waals surface area contributed by atoms with Crippen LogP contribution in [0.4, 0.5) is 26.2 Å². The molecule has 2 heterocycles. The maximum atomic E-state index is 13.4. The molecule has 3 aromatic carbocycles. The van der Waals surface area contributed by atoms with Gasteiger partial charge in [0.05, 0.1) is 28.5 Å². The van der Waals surface area contributed by atoms with Gasteiger partial charge in [0.25, 0.3) is 5.56 Å². The fourth-order valence-corrected chi connectivity index (χ4v) is 3.97. The Balaban J connectivity index is 1.40. The maximum Gasteiger partial charge on any atom is 0.323 e. The number of halogens is 1. The quantitative estimate of drug-likeness (QED) is 0.191. The first-order valence-corrected chi connectivity index (χ1v) is 11.5. The van der Waals surface area contributed by atoms with Gasteiger partial charge in [-0.15, -0.1) is 0 Å². The molecule has 5 rings (SSSR count). The highest BCUT2D eigenvalue weighted by molar-refractivity contribution is 6.05. The van der Waals surface area contributed by atoms with Gasteiger partial charge in [0.2, 0.25) is 0 Å². The maximum absolute atomic E-state index is 13.4. The Morgan fingerprint density at radius 2 is 1.78 bits per heavy atom. The number of para-hydroxylation sites is 1. The summed E-state index contributed by atoms with van der Waals surface area (Å²) in [5.74, 6) is -0.180. The zero-order valence-electron chi connectivity index (χ0n) is 19.5.